The van der Waals surface area contributed by atoms with Crippen molar-refractivity contribution in [1.82, 2.24) is 0 Å². The van der Waals surface area contributed by atoms with Crippen LogP contribution in [0.4, 0.5) is 0 Å². The largest absolute Gasteiger partial charge is 0.506 e. The zero-order valence-electron chi connectivity index (χ0n) is 8.74. The average Bonchev–Trinajstić information content (AvgIpc) is 2.91. The average molecular weight is 218 g/mol. The van der Waals surface area contributed by atoms with Gasteiger partial charge in [0.15, 0.2) is 11.4 Å². The lowest BCUT2D eigenvalue weighted by atomic mass is 10.0. The number of hydrogen-bond donors (Lipinski definition) is 1. The summed E-state index contributed by atoms with van der Waals surface area (Å²) in [5, 5.41) is 9.89. The Bertz CT molecular complexity index is 526. The van der Waals surface area contributed by atoms with Crippen molar-refractivity contribution in [2.24, 2.45) is 0 Å². The molecule has 1 saturated carbocycles. The smallest absolute Gasteiger partial charge is 0.213 e. The van der Waals surface area contributed by atoms with Crippen molar-refractivity contribution >= 4 is 11.6 Å². The van der Waals surface area contributed by atoms with Crippen LogP contribution in [-0.4, -0.2) is 22.3 Å². The number of benzene rings is 1. The maximum Gasteiger partial charge on any atom is 0.213 e. The van der Waals surface area contributed by atoms with Crippen LogP contribution >= 0.6 is 0 Å². The molecule has 0 radical (unpaired) electrons. The van der Waals surface area contributed by atoms with Gasteiger partial charge in [-0.1, -0.05) is 0 Å². The summed E-state index contributed by atoms with van der Waals surface area (Å²) in [7, 11) is 0. The molecular weight excluding hydrogens is 208 g/mol. The van der Waals surface area contributed by atoms with Gasteiger partial charge in [-0.3, -0.25) is 9.59 Å². The van der Waals surface area contributed by atoms with Gasteiger partial charge in [0.25, 0.3) is 0 Å². The van der Waals surface area contributed by atoms with E-state index in [0.717, 1.165) is 0 Å². The maximum absolute atomic E-state index is 12.0. The number of carbonyl (C=O) groups excluding carboxylic acids is 2. The van der Waals surface area contributed by atoms with Crippen LogP contribution in [0, 0.1) is 0 Å². The first-order chi connectivity index (χ1) is 7.55. The van der Waals surface area contributed by atoms with Gasteiger partial charge in [0, 0.05) is 0 Å². The highest BCUT2D eigenvalue weighted by molar-refractivity contribution is 6.13. The molecule has 1 spiro atoms. The standard InChI is InChI=1S/C12H10O4/c1-6(13)7-2-3-8-9(10(7)14)11(15)12(16-8)4-5-12/h2-3,14H,4-5H2,1H3. The van der Waals surface area contributed by atoms with Gasteiger partial charge in [-0.05, 0) is 31.9 Å². The van der Waals surface area contributed by atoms with Crippen LogP contribution < -0.4 is 4.74 Å². The summed E-state index contributed by atoms with van der Waals surface area (Å²) in [4.78, 5) is 23.2. The molecule has 3 rings (SSSR count). The molecular formula is C12H10O4. The van der Waals surface area contributed by atoms with E-state index in [1.807, 2.05) is 0 Å². The van der Waals surface area contributed by atoms with E-state index in [-0.39, 0.29) is 28.4 Å². The Balaban J connectivity index is 2.20. The molecule has 0 saturated heterocycles. The number of Topliss-reactive ketones (excluding diaryl/α,β-unsaturated/α-hetero) is 2. The second-order valence-electron chi connectivity index (χ2n) is 4.32. The van der Waals surface area contributed by atoms with Gasteiger partial charge in [-0.15, -0.1) is 0 Å². The lowest BCUT2D eigenvalue weighted by Gasteiger charge is -2.04. The second-order valence-corrected chi connectivity index (χ2v) is 4.32. The van der Waals surface area contributed by atoms with Crippen molar-refractivity contribution in [1.29, 1.82) is 0 Å². The van der Waals surface area contributed by atoms with Crippen molar-refractivity contribution < 1.29 is 19.4 Å². The first kappa shape index (κ1) is 9.39. The van der Waals surface area contributed by atoms with Crippen LogP contribution in [0.5, 0.6) is 11.5 Å². The molecule has 16 heavy (non-hydrogen) atoms. The van der Waals surface area contributed by atoms with Gasteiger partial charge in [0.2, 0.25) is 5.78 Å². The summed E-state index contributed by atoms with van der Waals surface area (Å²) in [6, 6.07) is 3.07. The highest BCUT2D eigenvalue weighted by atomic mass is 16.5. The van der Waals surface area contributed by atoms with Crippen molar-refractivity contribution in [3.05, 3.63) is 23.3 Å². The van der Waals surface area contributed by atoms with Crippen molar-refractivity contribution in [3.8, 4) is 11.5 Å². The third-order valence-electron chi connectivity index (χ3n) is 3.17. The topological polar surface area (TPSA) is 63.6 Å². The summed E-state index contributed by atoms with van der Waals surface area (Å²) in [6.07, 6.45) is 1.38. The molecule has 0 atom stereocenters. The predicted octanol–water partition coefficient (Wildman–Crippen LogP) is 1.70. The molecule has 1 fully saturated rings. The minimum absolute atomic E-state index is 0.171. The van der Waals surface area contributed by atoms with E-state index in [2.05, 4.69) is 0 Å². The van der Waals surface area contributed by atoms with Crippen LogP contribution in [0.25, 0.3) is 0 Å². The van der Waals surface area contributed by atoms with Gasteiger partial charge in [-0.2, -0.15) is 0 Å². The van der Waals surface area contributed by atoms with Crippen molar-refractivity contribution in [3.63, 3.8) is 0 Å². The fourth-order valence-corrected chi connectivity index (χ4v) is 2.09. The Kier molecular flexibility index (Phi) is 1.55. The van der Waals surface area contributed by atoms with E-state index >= 15 is 0 Å². The van der Waals surface area contributed by atoms with Crippen molar-refractivity contribution in [2.45, 2.75) is 25.4 Å². The Labute approximate surface area is 91.8 Å². The Morgan fingerprint density at radius 3 is 2.69 bits per heavy atom. The molecule has 1 aliphatic heterocycles. The number of carbonyl (C=O) groups is 2. The summed E-state index contributed by atoms with van der Waals surface area (Å²) in [5.41, 5.74) is -0.381. The number of ketones is 2. The lowest BCUT2D eigenvalue weighted by Crippen LogP contribution is -2.21. The first-order valence-corrected chi connectivity index (χ1v) is 5.16. The van der Waals surface area contributed by atoms with Gasteiger partial charge >= 0.3 is 0 Å². The summed E-state index contributed by atoms with van der Waals surface area (Å²) < 4.78 is 5.51. The highest BCUT2D eigenvalue weighted by Gasteiger charge is 2.58. The zero-order chi connectivity index (χ0) is 11.5. The molecule has 0 aromatic heterocycles. The van der Waals surface area contributed by atoms with E-state index in [1.165, 1.54) is 13.0 Å². The van der Waals surface area contributed by atoms with E-state index in [0.29, 0.717) is 18.6 Å². The van der Waals surface area contributed by atoms with Crippen LogP contribution in [0.15, 0.2) is 12.1 Å². The molecule has 1 aromatic rings. The van der Waals surface area contributed by atoms with E-state index in [1.54, 1.807) is 6.07 Å². The minimum Gasteiger partial charge on any atom is -0.506 e. The van der Waals surface area contributed by atoms with Gasteiger partial charge in [0.05, 0.1) is 5.56 Å². The summed E-state index contributed by atoms with van der Waals surface area (Å²) in [6.45, 7) is 1.36. The molecule has 0 amide bonds. The Hall–Kier alpha value is -1.84. The number of rotatable bonds is 1. The van der Waals surface area contributed by atoms with E-state index in [4.69, 9.17) is 4.74 Å². The molecule has 1 N–H and O–H groups in total. The van der Waals surface area contributed by atoms with Gasteiger partial charge < -0.3 is 9.84 Å². The lowest BCUT2D eigenvalue weighted by molar-refractivity contribution is 0.0819. The monoisotopic (exact) mass is 218 g/mol. The molecule has 0 bridgehead atoms. The number of phenols is 1. The van der Waals surface area contributed by atoms with Crippen LogP contribution in [0.1, 0.15) is 40.5 Å². The van der Waals surface area contributed by atoms with Crippen LogP contribution in [0.3, 0.4) is 0 Å². The predicted molar refractivity (Wildman–Crippen MR) is 55.0 cm³/mol. The summed E-state index contributed by atoms with van der Waals surface area (Å²) >= 11 is 0. The van der Waals surface area contributed by atoms with Crippen LogP contribution in [-0.2, 0) is 0 Å². The molecule has 4 heteroatoms. The van der Waals surface area contributed by atoms with Crippen LogP contribution in [0.2, 0.25) is 0 Å². The number of hydrogen-bond acceptors (Lipinski definition) is 4. The minimum atomic E-state index is -0.727. The molecule has 1 aromatic carbocycles. The first-order valence-electron chi connectivity index (χ1n) is 5.16. The van der Waals surface area contributed by atoms with Crippen molar-refractivity contribution in [2.75, 3.05) is 0 Å². The maximum atomic E-state index is 12.0. The normalized spacial score (nSPS) is 19.4. The quantitative estimate of drug-likeness (QED) is 0.729. The second kappa shape index (κ2) is 2.64. The molecule has 1 aliphatic carbocycles. The Morgan fingerprint density at radius 2 is 2.12 bits per heavy atom. The number of ether oxygens (including phenoxy) is 1. The molecule has 1 heterocycles. The number of phenolic OH excluding ortho intramolecular Hbond substituents is 1. The van der Waals surface area contributed by atoms with Gasteiger partial charge in [-0.25, -0.2) is 0 Å². The van der Waals surface area contributed by atoms with E-state index in [9.17, 15) is 14.7 Å². The Morgan fingerprint density at radius 1 is 1.44 bits per heavy atom. The molecule has 82 valence electrons. The SMILES string of the molecule is CC(=O)c1ccc2c(c1O)C(=O)C1(CC1)O2. The highest BCUT2D eigenvalue weighted by Crippen LogP contribution is 2.52. The van der Waals surface area contributed by atoms with E-state index < -0.39 is 5.60 Å². The zero-order valence-corrected chi connectivity index (χ0v) is 8.74. The molecule has 0 unspecified atom stereocenters. The fourth-order valence-electron chi connectivity index (χ4n) is 2.09. The third-order valence-corrected chi connectivity index (χ3v) is 3.17. The number of aromatic hydroxyl groups is 1. The number of fused-ring (bicyclic) bond motifs is 1. The fraction of sp³-hybridized carbons (Fsp3) is 0.333. The third kappa shape index (κ3) is 0.988. The summed E-state index contributed by atoms with van der Waals surface area (Å²) in [5.74, 6) is -0.295. The molecule has 2 aliphatic rings. The van der Waals surface area contributed by atoms with Gasteiger partial charge in [0.1, 0.15) is 17.1 Å². The molecule has 4 nitrogen and oxygen atoms in total.